The van der Waals surface area contributed by atoms with Gasteiger partial charge in [0.2, 0.25) is 0 Å². The van der Waals surface area contributed by atoms with Gasteiger partial charge in [-0.3, -0.25) is 10.1 Å². The molecule has 172 valence electrons. The SMILES string of the molecule is CNC(=O)c1nnc(NC(=O)N(C)C)cc1Nc1nccc(-c2cnn(C3CC3)n2)c1OC. The summed E-state index contributed by atoms with van der Waals surface area (Å²) in [6.45, 7) is 0. The van der Waals surface area contributed by atoms with Crippen LogP contribution in [0, 0.1) is 0 Å². The smallest absolute Gasteiger partial charge is 0.322 e. The summed E-state index contributed by atoms with van der Waals surface area (Å²) in [4.78, 5) is 31.8. The number of amides is 3. The zero-order valence-corrected chi connectivity index (χ0v) is 18.7. The van der Waals surface area contributed by atoms with Crippen LogP contribution in [0.15, 0.2) is 24.5 Å². The Balaban J connectivity index is 1.70. The number of rotatable bonds is 7. The van der Waals surface area contributed by atoms with Crippen LogP contribution in [0.1, 0.15) is 29.4 Å². The van der Waals surface area contributed by atoms with Crippen molar-refractivity contribution in [1.29, 1.82) is 0 Å². The number of anilines is 3. The molecule has 33 heavy (non-hydrogen) atoms. The molecule has 1 aliphatic rings. The number of aromatic nitrogens is 6. The van der Waals surface area contributed by atoms with Crippen LogP contribution in [0.4, 0.5) is 22.1 Å². The van der Waals surface area contributed by atoms with Crippen LogP contribution in [-0.2, 0) is 0 Å². The van der Waals surface area contributed by atoms with Crippen LogP contribution in [0.2, 0.25) is 0 Å². The normalized spacial score (nSPS) is 12.7. The third kappa shape index (κ3) is 4.66. The minimum absolute atomic E-state index is 0.0225. The lowest BCUT2D eigenvalue weighted by molar-refractivity contribution is 0.0958. The van der Waals surface area contributed by atoms with Gasteiger partial charge in [0.05, 0.1) is 30.6 Å². The maximum Gasteiger partial charge on any atom is 0.322 e. The minimum Gasteiger partial charge on any atom is -0.492 e. The Morgan fingerprint density at radius 3 is 2.70 bits per heavy atom. The summed E-state index contributed by atoms with van der Waals surface area (Å²) < 4.78 is 5.63. The van der Waals surface area contributed by atoms with Gasteiger partial charge in [-0.15, -0.1) is 10.2 Å². The van der Waals surface area contributed by atoms with Crippen molar-refractivity contribution in [2.45, 2.75) is 18.9 Å². The third-order valence-electron chi connectivity index (χ3n) is 4.90. The van der Waals surface area contributed by atoms with Crippen molar-refractivity contribution in [3.8, 4) is 17.0 Å². The first-order valence-corrected chi connectivity index (χ1v) is 10.2. The molecule has 13 nitrogen and oxygen atoms in total. The molecule has 3 heterocycles. The van der Waals surface area contributed by atoms with Gasteiger partial charge >= 0.3 is 6.03 Å². The largest absolute Gasteiger partial charge is 0.492 e. The number of urea groups is 1. The highest BCUT2D eigenvalue weighted by molar-refractivity contribution is 5.99. The van der Waals surface area contributed by atoms with Crippen LogP contribution in [0.5, 0.6) is 5.75 Å². The molecule has 13 heteroatoms. The summed E-state index contributed by atoms with van der Waals surface area (Å²) in [6.07, 6.45) is 5.41. The molecule has 0 atom stereocenters. The van der Waals surface area contributed by atoms with E-state index in [0.717, 1.165) is 12.8 Å². The predicted molar refractivity (Wildman–Crippen MR) is 119 cm³/mol. The molecule has 3 N–H and O–H groups in total. The quantitative estimate of drug-likeness (QED) is 0.486. The summed E-state index contributed by atoms with van der Waals surface area (Å²) in [5.74, 6) is 0.447. The topological polar surface area (TPSA) is 152 Å². The van der Waals surface area contributed by atoms with Gasteiger partial charge in [-0.1, -0.05) is 0 Å². The van der Waals surface area contributed by atoms with Crippen molar-refractivity contribution >= 4 is 29.3 Å². The van der Waals surface area contributed by atoms with Gasteiger partial charge < -0.3 is 20.3 Å². The Labute approximate surface area is 189 Å². The third-order valence-corrected chi connectivity index (χ3v) is 4.90. The van der Waals surface area contributed by atoms with E-state index < -0.39 is 5.91 Å². The average molecular weight is 452 g/mol. The number of methoxy groups -OCH3 is 1. The second-order valence-corrected chi connectivity index (χ2v) is 7.54. The number of pyridine rings is 1. The molecule has 0 saturated heterocycles. The number of hydrogen-bond acceptors (Lipinski definition) is 9. The van der Waals surface area contributed by atoms with Crippen LogP contribution in [-0.4, -0.2) is 75.3 Å². The summed E-state index contributed by atoms with van der Waals surface area (Å²) in [5.41, 5.74) is 1.63. The molecule has 4 rings (SSSR count). The standard InChI is InChI=1S/C20H24N10O3/c1-21-19(31)16-13(9-15(26-27-16)25-20(32)29(2)3)24-18-17(33-4)12(7-8-22-18)14-10-23-30(28-14)11-5-6-11/h7-11H,5-6H2,1-4H3,(H,21,31)(H2,22,24,25,26,32). The number of carbonyl (C=O) groups is 2. The van der Waals surface area contributed by atoms with Crippen molar-refractivity contribution < 1.29 is 14.3 Å². The zero-order valence-electron chi connectivity index (χ0n) is 18.7. The Kier molecular flexibility index (Phi) is 6.02. The van der Waals surface area contributed by atoms with Crippen molar-refractivity contribution in [3.05, 3.63) is 30.2 Å². The number of nitrogens with one attached hydrogen (secondary N) is 3. The molecule has 0 aromatic carbocycles. The van der Waals surface area contributed by atoms with E-state index >= 15 is 0 Å². The number of ether oxygens (including phenoxy) is 1. The lowest BCUT2D eigenvalue weighted by Gasteiger charge is -2.16. The van der Waals surface area contributed by atoms with E-state index in [1.54, 1.807) is 37.4 Å². The summed E-state index contributed by atoms with van der Waals surface area (Å²) in [5, 5.41) is 25.0. The molecule has 3 aromatic rings. The summed E-state index contributed by atoms with van der Waals surface area (Å²) in [6, 6.07) is 3.23. The maximum absolute atomic E-state index is 12.4. The fourth-order valence-corrected chi connectivity index (χ4v) is 3.01. The number of hydrogen-bond donors (Lipinski definition) is 3. The van der Waals surface area contributed by atoms with E-state index in [1.165, 1.54) is 25.1 Å². The van der Waals surface area contributed by atoms with Gasteiger partial charge in [-0.2, -0.15) is 15.0 Å². The fraction of sp³-hybridized carbons (Fsp3) is 0.350. The van der Waals surface area contributed by atoms with Gasteiger partial charge in [-0.25, -0.2) is 9.78 Å². The summed E-state index contributed by atoms with van der Waals surface area (Å²) >= 11 is 0. The van der Waals surface area contributed by atoms with E-state index in [2.05, 4.69) is 41.3 Å². The van der Waals surface area contributed by atoms with Crippen molar-refractivity contribution in [3.63, 3.8) is 0 Å². The van der Waals surface area contributed by atoms with Gasteiger partial charge in [-0.05, 0) is 18.9 Å². The molecule has 3 aromatic heterocycles. The highest BCUT2D eigenvalue weighted by Crippen LogP contribution is 2.38. The van der Waals surface area contributed by atoms with E-state index in [-0.39, 0.29) is 23.2 Å². The second kappa shape index (κ2) is 9.06. The van der Waals surface area contributed by atoms with Crippen molar-refractivity contribution in [1.82, 2.24) is 40.4 Å². The van der Waals surface area contributed by atoms with Gasteiger partial charge in [0.25, 0.3) is 5.91 Å². The molecule has 1 aliphatic carbocycles. The monoisotopic (exact) mass is 452 g/mol. The van der Waals surface area contributed by atoms with Gasteiger partial charge in [0.15, 0.2) is 23.1 Å². The molecule has 0 radical (unpaired) electrons. The van der Waals surface area contributed by atoms with Crippen LogP contribution < -0.4 is 20.7 Å². The van der Waals surface area contributed by atoms with Crippen LogP contribution in [0.25, 0.3) is 11.3 Å². The minimum atomic E-state index is -0.460. The molecule has 1 saturated carbocycles. The van der Waals surface area contributed by atoms with E-state index in [0.29, 0.717) is 28.9 Å². The molecule has 0 bridgehead atoms. The first kappa shape index (κ1) is 21.9. The highest BCUT2D eigenvalue weighted by atomic mass is 16.5. The first-order chi connectivity index (χ1) is 15.9. The second-order valence-electron chi connectivity index (χ2n) is 7.54. The van der Waals surface area contributed by atoms with E-state index in [9.17, 15) is 9.59 Å². The molecule has 0 aliphatic heterocycles. The first-order valence-electron chi connectivity index (χ1n) is 10.2. The lowest BCUT2D eigenvalue weighted by atomic mass is 10.2. The zero-order chi connectivity index (χ0) is 23.5. The molecule has 0 spiro atoms. The molecule has 0 unspecified atom stereocenters. The van der Waals surface area contributed by atoms with Crippen LogP contribution >= 0.6 is 0 Å². The van der Waals surface area contributed by atoms with Gasteiger partial charge in [0.1, 0.15) is 5.69 Å². The van der Waals surface area contributed by atoms with Crippen LogP contribution in [0.3, 0.4) is 0 Å². The average Bonchev–Trinajstić information content (AvgIpc) is 3.55. The number of carbonyl (C=O) groups excluding carboxylic acids is 2. The molecular weight excluding hydrogens is 428 g/mol. The fourth-order valence-electron chi connectivity index (χ4n) is 3.01. The van der Waals surface area contributed by atoms with Gasteiger partial charge in [0, 0.05) is 33.4 Å². The van der Waals surface area contributed by atoms with E-state index in [4.69, 9.17) is 4.74 Å². The molecule has 3 amide bonds. The molecule has 1 fully saturated rings. The lowest BCUT2D eigenvalue weighted by Crippen LogP contribution is -2.28. The predicted octanol–water partition coefficient (Wildman–Crippen LogP) is 1.67. The Hall–Kier alpha value is -4.29. The van der Waals surface area contributed by atoms with Crippen molar-refractivity contribution in [2.75, 3.05) is 38.9 Å². The van der Waals surface area contributed by atoms with Crippen molar-refractivity contribution in [2.24, 2.45) is 0 Å². The Morgan fingerprint density at radius 1 is 1.24 bits per heavy atom. The highest BCUT2D eigenvalue weighted by Gasteiger charge is 2.27. The number of nitrogens with zero attached hydrogens (tertiary/aromatic N) is 7. The maximum atomic E-state index is 12.4. The summed E-state index contributed by atoms with van der Waals surface area (Å²) in [7, 11) is 6.20. The Morgan fingerprint density at radius 2 is 2.03 bits per heavy atom. The Bertz CT molecular complexity index is 1190. The molecular formula is C20H24N10O3. The van der Waals surface area contributed by atoms with E-state index in [1.807, 2.05) is 0 Å².